The third kappa shape index (κ3) is 2.49. The average molecular weight is 210 g/mol. The van der Waals surface area contributed by atoms with Crippen molar-refractivity contribution in [2.75, 3.05) is 12.3 Å². The molecular formula is C11H18N2S. The van der Waals surface area contributed by atoms with Crippen molar-refractivity contribution in [2.45, 2.75) is 32.2 Å². The minimum Gasteiger partial charge on any atom is -0.398 e. The van der Waals surface area contributed by atoms with Gasteiger partial charge in [-0.05, 0) is 30.3 Å². The molecule has 0 saturated heterocycles. The van der Waals surface area contributed by atoms with Crippen molar-refractivity contribution in [3.05, 3.63) is 16.3 Å². The molecule has 1 aromatic heterocycles. The molecule has 0 spiro atoms. The van der Waals surface area contributed by atoms with E-state index in [1.807, 2.05) is 6.07 Å². The van der Waals surface area contributed by atoms with Crippen molar-refractivity contribution >= 4 is 17.0 Å². The van der Waals surface area contributed by atoms with Crippen molar-refractivity contribution in [1.29, 1.82) is 0 Å². The predicted molar refractivity (Wildman–Crippen MR) is 62.4 cm³/mol. The van der Waals surface area contributed by atoms with Crippen LogP contribution in [-0.4, -0.2) is 6.54 Å². The van der Waals surface area contributed by atoms with Crippen molar-refractivity contribution in [1.82, 2.24) is 5.32 Å². The number of nitrogen functional groups attached to an aromatic ring is 1. The maximum absolute atomic E-state index is 5.79. The van der Waals surface area contributed by atoms with Crippen LogP contribution in [0.1, 0.15) is 30.6 Å². The Morgan fingerprint density at radius 2 is 2.36 bits per heavy atom. The van der Waals surface area contributed by atoms with E-state index < -0.39 is 0 Å². The number of nitrogens with one attached hydrogen (secondary N) is 1. The Bertz CT molecular complexity index is 279. The summed E-state index contributed by atoms with van der Waals surface area (Å²) < 4.78 is 0. The second-order valence-electron chi connectivity index (χ2n) is 4.06. The fourth-order valence-electron chi connectivity index (χ4n) is 1.78. The molecule has 0 aromatic carbocycles. The zero-order valence-electron chi connectivity index (χ0n) is 8.46. The molecule has 0 aliphatic heterocycles. The maximum Gasteiger partial charge on any atom is 0.0468 e. The van der Waals surface area contributed by atoms with Crippen LogP contribution in [0.3, 0.4) is 0 Å². The van der Waals surface area contributed by atoms with Crippen LogP contribution in [0.4, 0.5) is 5.69 Å². The zero-order chi connectivity index (χ0) is 9.80. The minimum atomic E-state index is 0.936. The Labute approximate surface area is 89.5 Å². The van der Waals surface area contributed by atoms with Gasteiger partial charge in [-0.3, -0.25) is 0 Å². The number of nitrogens with two attached hydrogens (primary N) is 1. The van der Waals surface area contributed by atoms with Crippen molar-refractivity contribution in [3.8, 4) is 0 Å². The van der Waals surface area contributed by atoms with Gasteiger partial charge in [-0.2, -0.15) is 0 Å². The highest BCUT2D eigenvalue weighted by molar-refractivity contribution is 7.10. The monoisotopic (exact) mass is 210 g/mol. The first kappa shape index (κ1) is 9.99. The molecule has 1 aliphatic carbocycles. The van der Waals surface area contributed by atoms with Gasteiger partial charge < -0.3 is 11.1 Å². The molecule has 0 amide bonds. The summed E-state index contributed by atoms with van der Waals surface area (Å²) in [6, 6.07) is 1.98. The summed E-state index contributed by atoms with van der Waals surface area (Å²) in [5.74, 6) is 1.00. The van der Waals surface area contributed by atoms with Gasteiger partial charge in [0.2, 0.25) is 0 Å². The van der Waals surface area contributed by atoms with Crippen LogP contribution < -0.4 is 11.1 Å². The van der Waals surface area contributed by atoms with E-state index in [1.54, 1.807) is 11.3 Å². The molecule has 1 fully saturated rings. The third-order valence-corrected chi connectivity index (χ3v) is 3.96. The van der Waals surface area contributed by atoms with E-state index in [0.29, 0.717) is 0 Å². The SMILES string of the molecule is Nc1ccsc1CNCCC1CCC1. The number of hydrogen-bond donors (Lipinski definition) is 2. The van der Waals surface area contributed by atoms with Crippen LogP contribution in [0.2, 0.25) is 0 Å². The summed E-state index contributed by atoms with van der Waals surface area (Å²) in [6.07, 6.45) is 5.68. The van der Waals surface area contributed by atoms with E-state index in [4.69, 9.17) is 5.73 Å². The van der Waals surface area contributed by atoms with Crippen LogP contribution in [0, 0.1) is 5.92 Å². The fourth-order valence-corrected chi connectivity index (χ4v) is 2.55. The Balaban J connectivity index is 1.60. The molecule has 1 saturated carbocycles. The molecule has 14 heavy (non-hydrogen) atoms. The molecule has 1 heterocycles. The highest BCUT2D eigenvalue weighted by atomic mass is 32.1. The molecule has 1 aliphatic rings. The van der Waals surface area contributed by atoms with Crippen molar-refractivity contribution in [3.63, 3.8) is 0 Å². The van der Waals surface area contributed by atoms with Gasteiger partial charge in [-0.15, -0.1) is 11.3 Å². The molecule has 3 N–H and O–H groups in total. The Morgan fingerprint density at radius 1 is 1.50 bits per heavy atom. The second-order valence-corrected chi connectivity index (χ2v) is 5.06. The van der Waals surface area contributed by atoms with Crippen LogP contribution in [-0.2, 0) is 6.54 Å². The molecule has 78 valence electrons. The summed E-state index contributed by atoms with van der Waals surface area (Å²) in [5, 5.41) is 5.51. The number of hydrogen-bond acceptors (Lipinski definition) is 3. The van der Waals surface area contributed by atoms with Crippen LogP contribution in [0.15, 0.2) is 11.4 Å². The first-order chi connectivity index (χ1) is 6.86. The molecule has 1 aromatic rings. The third-order valence-electron chi connectivity index (χ3n) is 3.02. The molecule has 0 radical (unpaired) electrons. The van der Waals surface area contributed by atoms with E-state index in [0.717, 1.165) is 24.7 Å². The number of anilines is 1. The predicted octanol–water partition coefficient (Wildman–Crippen LogP) is 2.61. The van der Waals surface area contributed by atoms with Crippen LogP contribution in [0.25, 0.3) is 0 Å². The van der Waals surface area contributed by atoms with Gasteiger partial charge in [-0.1, -0.05) is 19.3 Å². The molecule has 2 nitrogen and oxygen atoms in total. The summed E-state index contributed by atoms with van der Waals surface area (Å²) in [4.78, 5) is 1.28. The molecule has 0 bridgehead atoms. The Kier molecular flexibility index (Phi) is 3.43. The molecule has 0 unspecified atom stereocenters. The highest BCUT2D eigenvalue weighted by Gasteiger charge is 2.16. The van der Waals surface area contributed by atoms with E-state index in [1.165, 1.54) is 30.6 Å². The van der Waals surface area contributed by atoms with Gasteiger partial charge in [0.05, 0.1) is 0 Å². The lowest BCUT2D eigenvalue weighted by Gasteiger charge is -2.25. The fraction of sp³-hybridized carbons (Fsp3) is 0.636. The van der Waals surface area contributed by atoms with Crippen LogP contribution >= 0.6 is 11.3 Å². The van der Waals surface area contributed by atoms with Gasteiger partial charge in [0.1, 0.15) is 0 Å². The summed E-state index contributed by atoms with van der Waals surface area (Å²) in [5.41, 5.74) is 6.73. The standard InChI is InChI=1S/C11H18N2S/c12-10-5-7-14-11(10)8-13-6-4-9-2-1-3-9/h5,7,9,13H,1-4,6,8,12H2. The van der Waals surface area contributed by atoms with Crippen molar-refractivity contribution < 1.29 is 0 Å². The first-order valence-electron chi connectivity index (χ1n) is 5.39. The molecule has 2 rings (SSSR count). The number of thiophene rings is 1. The summed E-state index contributed by atoms with van der Waals surface area (Å²) in [6.45, 7) is 2.08. The average Bonchev–Trinajstić information content (AvgIpc) is 2.48. The number of rotatable bonds is 5. The Morgan fingerprint density at radius 3 is 2.93 bits per heavy atom. The zero-order valence-corrected chi connectivity index (χ0v) is 9.28. The first-order valence-corrected chi connectivity index (χ1v) is 6.27. The lowest BCUT2D eigenvalue weighted by molar-refractivity contribution is 0.292. The highest BCUT2D eigenvalue weighted by Crippen LogP contribution is 2.28. The molecular weight excluding hydrogens is 192 g/mol. The van der Waals surface area contributed by atoms with Gasteiger partial charge in [0.15, 0.2) is 0 Å². The summed E-state index contributed by atoms with van der Waals surface area (Å²) in [7, 11) is 0. The van der Waals surface area contributed by atoms with E-state index in [2.05, 4.69) is 10.7 Å². The summed E-state index contributed by atoms with van der Waals surface area (Å²) >= 11 is 1.74. The van der Waals surface area contributed by atoms with Gasteiger partial charge >= 0.3 is 0 Å². The lowest BCUT2D eigenvalue weighted by atomic mass is 9.83. The minimum absolute atomic E-state index is 0.936. The largest absolute Gasteiger partial charge is 0.398 e. The second kappa shape index (κ2) is 4.80. The quantitative estimate of drug-likeness (QED) is 0.733. The lowest BCUT2D eigenvalue weighted by Crippen LogP contribution is -2.20. The van der Waals surface area contributed by atoms with E-state index in [-0.39, 0.29) is 0 Å². The molecule has 3 heteroatoms. The van der Waals surface area contributed by atoms with E-state index in [9.17, 15) is 0 Å². The normalized spacial score (nSPS) is 16.9. The van der Waals surface area contributed by atoms with Crippen molar-refractivity contribution in [2.24, 2.45) is 5.92 Å². The van der Waals surface area contributed by atoms with E-state index >= 15 is 0 Å². The van der Waals surface area contributed by atoms with Gasteiger partial charge in [0, 0.05) is 17.1 Å². The van der Waals surface area contributed by atoms with Gasteiger partial charge in [-0.25, -0.2) is 0 Å². The smallest absolute Gasteiger partial charge is 0.0468 e. The topological polar surface area (TPSA) is 38.0 Å². The van der Waals surface area contributed by atoms with Gasteiger partial charge in [0.25, 0.3) is 0 Å². The Hall–Kier alpha value is -0.540. The molecule has 0 atom stereocenters. The maximum atomic E-state index is 5.79. The van der Waals surface area contributed by atoms with Crippen LogP contribution in [0.5, 0.6) is 0 Å².